The second kappa shape index (κ2) is 6.55. The molecule has 3 nitrogen and oxygen atoms in total. The quantitative estimate of drug-likeness (QED) is 0.765. The lowest BCUT2D eigenvalue weighted by Crippen LogP contribution is -2.40. The normalized spacial score (nSPS) is 25.4. The summed E-state index contributed by atoms with van der Waals surface area (Å²) in [4.78, 5) is 10.9. The fourth-order valence-electron chi connectivity index (χ4n) is 3.14. The fraction of sp³-hybridized carbons (Fsp3) is 0.933. The summed E-state index contributed by atoms with van der Waals surface area (Å²) in [6.45, 7) is 10.2. The number of rotatable bonds is 6. The topological polar surface area (TPSA) is 49.3 Å². The molecule has 0 spiro atoms. The second-order valence-corrected chi connectivity index (χ2v) is 7.03. The third-order valence-corrected chi connectivity index (χ3v) is 3.91. The zero-order valence-corrected chi connectivity index (χ0v) is 12.3. The zero-order chi connectivity index (χ0) is 13.8. The molecule has 0 heterocycles. The van der Waals surface area contributed by atoms with Crippen molar-refractivity contribution in [2.24, 2.45) is 17.3 Å². The van der Waals surface area contributed by atoms with Gasteiger partial charge in [0.2, 0.25) is 0 Å². The van der Waals surface area contributed by atoms with Crippen molar-refractivity contribution in [3.63, 3.8) is 0 Å². The second-order valence-electron chi connectivity index (χ2n) is 7.03. The molecule has 1 aliphatic carbocycles. The average molecular weight is 255 g/mol. The van der Waals surface area contributed by atoms with E-state index in [9.17, 15) is 4.79 Å². The summed E-state index contributed by atoms with van der Waals surface area (Å²) in [6.07, 6.45) is 4.91. The van der Waals surface area contributed by atoms with Crippen molar-refractivity contribution in [2.75, 3.05) is 6.54 Å². The van der Waals surface area contributed by atoms with Crippen LogP contribution in [0.1, 0.15) is 59.8 Å². The van der Waals surface area contributed by atoms with Gasteiger partial charge in [0, 0.05) is 12.6 Å². The van der Waals surface area contributed by atoms with Gasteiger partial charge in [-0.3, -0.25) is 4.79 Å². The van der Waals surface area contributed by atoms with Crippen LogP contribution in [-0.2, 0) is 4.79 Å². The van der Waals surface area contributed by atoms with Crippen molar-refractivity contribution >= 4 is 5.97 Å². The number of hydrogen-bond donors (Lipinski definition) is 2. The van der Waals surface area contributed by atoms with E-state index in [-0.39, 0.29) is 5.92 Å². The van der Waals surface area contributed by atoms with E-state index in [1.54, 1.807) is 0 Å². The van der Waals surface area contributed by atoms with E-state index in [2.05, 4.69) is 33.0 Å². The van der Waals surface area contributed by atoms with Crippen LogP contribution in [0.3, 0.4) is 0 Å². The monoisotopic (exact) mass is 255 g/mol. The van der Waals surface area contributed by atoms with Crippen molar-refractivity contribution in [3.8, 4) is 0 Å². The summed E-state index contributed by atoms with van der Waals surface area (Å²) >= 11 is 0. The lowest BCUT2D eigenvalue weighted by atomic mass is 9.82. The van der Waals surface area contributed by atoms with E-state index < -0.39 is 5.97 Å². The highest BCUT2D eigenvalue weighted by atomic mass is 16.4. The first-order valence-electron chi connectivity index (χ1n) is 7.26. The largest absolute Gasteiger partial charge is 0.481 e. The van der Waals surface area contributed by atoms with Gasteiger partial charge in [-0.1, -0.05) is 27.7 Å². The van der Waals surface area contributed by atoms with E-state index in [1.165, 1.54) is 6.42 Å². The van der Waals surface area contributed by atoms with E-state index in [0.29, 0.717) is 11.5 Å². The molecule has 0 radical (unpaired) electrons. The van der Waals surface area contributed by atoms with Gasteiger partial charge in [0.25, 0.3) is 0 Å². The summed E-state index contributed by atoms with van der Waals surface area (Å²) in [5, 5.41) is 12.6. The number of carboxylic acids is 1. The third-order valence-electron chi connectivity index (χ3n) is 3.91. The maximum absolute atomic E-state index is 10.9. The molecule has 0 atom stereocenters. The van der Waals surface area contributed by atoms with E-state index in [4.69, 9.17) is 5.11 Å². The number of aliphatic carboxylic acids is 1. The molecule has 0 saturated heterocycles. The van der Waals surface area contributed by atoms with Crippen LogP contribution in [0.25, 0.3) is 0 Å². The molecule has 1 aliphatic rings. The van der Waals surface area contributed by atoms with Gasteiger partial charge in [0.1, 0.15) is 0 Å². The molecule has 3 heteroatoms. The molecule has 0 unspecified atom stereocenters. The molecule has 0 aromatic heterocycles. The maximum Gasteiger partial charge on any atom is 0.306 e. The molecule has 18 heavy (non-hydrogen) atoms. The van der Waals surface area contributed by atoms with Crippen LogP contribution < -0.4 is 5.32 Å². The van der Waals surface area contributed by atoms with Gasteiger partial charge in [0.15, 0.2) is 0 Å². The first-order chi connectivity index (χ1) is 8.30. The van der Waals surface area contributed by atoms with Crippen molar-refractivity contribution in [3.05, 3.63) is 0 Å². The lowest BCUT2D eigenvalue weighted by molar-refractivity contribution is -0.142. The molecule has 0 aromatic carbocycles. The molecule has 2 N–H and O–H groups in total. The predicted molar refractivity (Wildman–Crippen MR) is 74.6 cm³/mol. The van der Waals surface area contributed by atoms with Gasteiger partial charge in [-0.25, -0.2) is 0 Å². The Morgan fingerprint density at radius 3 is 2.28 bits per heavy atom. The first kappa shape index (κ1) is 15.5. The fourth-order valence-corrected chi connectivity index (χ4v) is 3.14. The highest BCUT2D eigenvalue weighted by Gasteiger charge is 2.27. The van der Waals surface area contributed by atoms with Crippen molar-refractivity contribution < 1.29 is 9.90 Å². The van der Waals surface area contributed by atoms with Gasteiger partial charge in [-0.2, -0.15) is 0 Å². The Morgan fingerprint density at radius 1 is 1.28 bits per heavy atom. The van der Waals surface area contributed by atoms with Crippen molar-refractivity contribution in [1.29, 1.82) is 0 Å². The Labute approximate surface area is 111 Å². The van der Waals surface area contributed by atoms with Crippen LogP contribution in [0.4, 0.5) is 0 Å². The Morgan fingerprint density at radius 2 is 1.83 bits per heavy atom. The van der Waals surface area contributed by atoms with Crippen LogP contribution in [-0.4, -0.2) is 23.7 Å². The van der Waals surface area contributed by atoms with E-state index in [1.807, 2.05) is 0 Å². The number of carboxylic acid groups (broad SMARTS) is 1. The molecule has 1 fully saturated rings. The van der Waals surface area contributed by atoms with Gasteiger partial charge < -0.3 is 10.4 Å². The molecule has 106 valence electrons. The minimum Gasteiger partial charge on any atom is -0.481 e. The number of nitrogens with one attached hydrogen (secondary N) is 1. The van der Waals surface area contributed by atoms with Gasteiger partial charge in [-0.15, -0.1) is 0 Å². The summed E-state index contributed by atoms with van der Waals surface area (Å²) < 4.78 is 0. The highest BCUT2D eigenvalue weighted by Crippen LogP contribution is 2.27. The van der Waals surface area contributed by atoms with Crippen LogP contribution >= 0.6 is 0 Å². The summed E-state index contributed by atoms with van der Waals surface area (Å²) in [6, 6.07) is 0.520. The Bertz CT molecular complexity index is 266. The van der Waals surface area contributed by atoms with Gasteiger partial charge >= 0.3 is 5.97 Å². The predicted octanol–water partition coefficient (Wildman–Crippen LogP) is 3.29. The molecular weight excluding hydrogens is 226 g/mol. The Hall–Kier alpha value is -0.570. The van der Waals surface area contributed by atoms with Crippen LogP contribution in [0.5, 0.6) is 0 Å². The van der Waals surface area contributed by atoms with Crippen molar-refractivity contribution in [2.45, 2.75) is 65.8 Å². The molecule has 0 amide bonds. The molecule has 0 bridgehead atoms. The van der Waals surface area contributed by atoms with E-state index >= 15 is 0 Å². The minimum absolute atomic E-state index is 0.105. The lowest BCUT2D eigenvalue weighted by Gasteiger charge is -2.32. The van der Waals surface area contributed by atoms with Gasteiger partial charge in [-0.05, 0) is 43.4 Å². The van der Waals surface area contributed by atoms with E-state index in [0.717, 1.165) is 38.1 Å². The number of hydrogen-bond acceptors (Lipinski definition) is 2. The van der Waals surface area contributed by atoms with Crippen molar-refractivity contribution in [1.82, 2.24) is 5.32 Å². The molecule has 0 aromatic rings. The standard InChI is InChI=1S/C15H29NO2/c1-11(2)9-15(3,4)10-16-13-7-5-12(6-8-13)14(17)18/h11-13,16H,5-10H2,1-4H3,(H,17,18). The Balaban J connectivity index is 2.27. The summed E-state index contributed by atoms with van der Waals surface area (Å²) in [5.41, 5.74) is 0.331. The third kappa shape index (κ3) is 5.38. The number of carbonyl (C=O) groups is 1. The smallest absolute Gasteiger partial charge is 0.306 e. The zero-order valence-electron chi connectivity index (χ0n) is 12.3. The maximum atomic E-state index is 10.9. The van der Waals surface area contributed by atoms with Crippen LogP contribution in [0, 0.1) is 17.3 Å². The summed E-state index contributed by atoms with van der Waals surface area (Å²) in [5.74, 6) is 0.00450. The SMILES string of the molecule is CC(C)CC(C)(C)CNC1CCC(C(=O)O)CC1. The molecular formula is C15H29NO2. The van der Waals surface area contributed by atoms with Crippen LogP contribution in [0.2, 0.25) is 0 Å². The average Bonchev–Trinajstić information content (AvgIpc) is 2.25. The Kier molecular flexibility index (Phi) is 5.64. The molecule has 1 saturated carbocycles. The van der Waals surface area contributed by atoms with Crippen LogP contribution in [0.15, 0.2) is 0 Å². The minimum atomic E-state index is -0.617. The highest BCUT2D eigenvalue weighted by molar-refractivity contribution is 5.70. The van der Waals surface area contributed by atoms with Gasteiger partial charge in [0.05, 0.1) is 5.92 Å². The first-order valence-corrected chi connectivity index (χ1v) is 7.26. The molecule has 0 aliphatic heterocycles. The molecule has 1 rings (SSSR count). The summed E-state index contributed by atoms with van der Waals surface area (Å²) in [7, 11) is 0.